The van der Waals surface area contributed by atoms with E-state index in [9.17, 15) is 0 Å². The Hall–Kier alpha value is -2.50. The van der Waals surface area contributed by atoms with Crippen LogP contribution in [0.25, 0.3) is 11.5 Å². The number of aromatic nitrogens is 5. The second kappa shape index (κ2) is 4.88. The van der Waals surface area contributed by atoms with Gasteiger partial charge in [-0.3, -0.25) is 0 Å². The molecule has 0 amide bonds. The van der Waals surface area contributed by atoms with E-state index >= 15 is 0 Å². The van der Waals surface area contributed by atoms with Crippen LogP contribution in [0.15, 0.2) is 28.8 Å². The SMILES string of the molecule is Cc1nc(C)n(Cc2noc(-c3ccccc3C)n2)n1. The lowest BCUT2D eigenvalue weighted by atomic mass is 10.1. The Kier molecular flexibility index (Phi) is 3.06. The molecule has 0 radical (unpaired) electrons. The molecule has 1 aromatic carbocycles. The highest BCUT2D eigenvalue weighted by Crippen LogP contribution is 2.21. The molecule has 0 aliphatic heterocycles. The van der Waals surface area contributed by atoms with Crippen LogP contribution in [-0.4, -0.2) is 24.9 Å². The average Bonchev–Trinajstić information content (AvgIpc) is 2.98. The van der Waals surface area contributed by atoms with Crippen molar-refractivity contribution in [1.29, 1.82) is 0 Å². The van der Waals surface area contributed by atoms with E-state index in [0.29, 0.717) is 18.3 Å². The molecule has 6 heteroatoms. The molecule has 102 valence electrons. The summed E-state index contributed by atoms with van der Waals surface area (Å²) in [6.07, 6.45) is 0. The van der Waals surface area contributed by atoms with Gasteiger partial charge in [-0.2, -0.15) is 10.1 Å². The first-order valence-corrected chi connectivity index (χ1v) is 6.40. The molecule has 3 rings (SSSR count). The van der Waals surface area contributed by atoms with E-state index in [1.807, 2.05) is 45.0 Å². The summed E-state index contributed by atoms with van der Waals surface area (Å²) >= 11 is 0. The minimum Gasteiger partial charge on any atom is -0.334 e. The van der Waals surface area contributed by atoms with Crippen LogP contribution >= 0.6 is 0 Å². The third kappa shape index (κ3) is 2.32. The van der Waals surface area contributed by atoms with E-state index in [0.717, 1.165) is 22.8 Å². The normalized spacial score (nSPS) is 10.9. The Bertz CT molecular complexity index is 744. The summed E-state index contributed by atoms with van der Waals surface area (Å²) in [5.41, 5.74) is 2.06. The van der Waals surface area contributed by atoms with Crippen molar-refractivity contribution in [1.82, 2.24) is 24.9 Å². The molecular weight excluding hydrogens is 254 g/mol. The molecule has 0 aliphatic carbocycles. The van der Waals surface area contributed by atoms with Crippen molar-refractivity contribution in [2.45, 2.75) is 27.3 Å². The van der Waals surface area contributed by atoms with Crippen LogP contribution in [0.5, 0.6) is 0 Å². The summed E-state index contributed by atoms with van der Waals surface area (Å²) in [4.78, 5) is 8.67. The Morgan fingerprint density at radius 3 is 2.60 bits per heavy atom. The molecule has 0 aliphatic rings. The van der Waals surface area contributed by atoms with Crippen LogP contribution in [-0.2, 0) is 6.54 Å². The molecule has 0 saturated carbocycles. The van der Waals surface area contributed by atoms with E-state index in [1.165, 1.54) is 0 Å². The van der Waals surface area contributed by atoms with Crippen LogP contribution in [0.3, 0.4) is 0 Å². The number of rotatable bonds is 3. The average molecular weight is 269 g/mol. The minimum absolute atomic E-state index is 0.460. The van der Waals surface area contributed by atoms with E-state index in [2.05, 4.69) is 20.2 Å². The Labute approximate surface area is 116 Å². The van der Waals surface area contributed by atoms with Gasteiger partial charge in [0.25, 0.3) is 5.89 Å². The zero-order valence-corrected chi connectivity index (χ0v) is 11.7. The van der Waals surface area contributed by atoms with Gasteiger partial charge in [0.05, 0.1) is 0 Å². The zero-order valence-electron chi connectivity index (χ0n) is 11.7. The van der Waals surface area contributed by atoms with Gasteiger partial charge in [0.2, 0.25) is 0 Å². The maximum absolute atomic E-state index is 5.33. The minimum atomic E-state index is 0.460. The van der Waals surface area contributed by atoms with Crippen LogP contribution in [0, 0.1) is 20.8 Å². The smallest absolute Gasteiger partial charge is 0.258 e. The number of hydrogen-bond donors (Lipinski definition) is 0. The summed E-state index contributed by atoms with van der Waals surface area (Å²) in [5, 5.41) is 8.29. The Morgan fingerprint density at radius 2 is 1.90 bits per heavy atom. The third-order valence-corrected chi connectivity index (χ3v) is 3.10. The molecule has 3 aromatic rings. The lowest BCUT2D eigenvalue weighted by Crippen LogP contribution is -2.05. The van der Waals surface area contributed by atoms with Gasteiger partial charge >= 0.3 is 0 Å². The van der Waals surface area contributed by atoms with Crippen molar-refractivity contribution in [2.24, 2.45) is 0 Å². The maximum Gasteiger partial charge on any atom is 0.258 e. The van der Waals surface area contributed by atoms with E-state index < -0.39 is 0 Å². The summed E-state index contributed by atoms with van der Waals surface area (Å²) in [5.74, 6) is 2.71. The second-order valence-electron chi connectivity index (χ2n) is 4.69. The first kappa shape index (κ1) is 12.5. The predicted molar refractivity (Wildman–Crippen MR) is 73.1 cm³/mol. The van der Waals surface area contributed by atoms with Crippen molar-refractivity contribution >= 4 is 0 Å². The van der Waals surface area contributed by atoms with Crippen LogP contribution in [0.1, 0.15) is 23.0 Å². The van der Waals surface area contributed by atoms with E-state index in [-0.39, 0.29) is 0 Å². The largest absolute Gasteiger partial charge is 0.334 e. The number of aryl methyl sites for hydroxylation is 3. The lowest BCUT2D eigenvalue weighted by Gasteiger charge is -1.98. The first-order valence-electron chi connectivity index (χ1n) is 6.40. The number of hydrogen-bond acceptors (Lipinski definition) is 5. The van der Waals surface area contributed by atoms with E-state index in [4.69, 9.17) is 4.52 Å². The molecule has 20 heavy (non-hydrogen) atoms. The highest BCUT2D eigenvalue weighted by molar-refractivity contribution is 5.57. The zero-order chi connectivity index (χ0) is 14.1. The molecule has 0 N–H and O–H groups in total. The van der Waals surface area contributed by atoms with Crippen molar-refractivity contribution in [3.8, 4) is 11.5 Å². The van der Waals surface area contributed by atoms with Crippen LogP contribution in [0.4, 0.5) is 0 Å². The second-order valence-corrected chi connectivity index (χ2v) is 4.69. The highest BCUT2D eigenvalue weighted by atomic mass is 16.5. The Morgan fingerprint density at radius 1 is 1.10 bits per heavy atom. The van der Waals surface area contributed by atoms with Gasteiger partial charge in [-0.25, -0.2) is 9.67 Å². The molecule has 0 atom stereocenters. The summed E-state index contributed by atoms with van der Waals surface area (Å²) in [6.45, 7) is 6.24. The maximum atomic E-state index is 5.33. The highest BCUT2D eigenvalue weighted by Gasteiger charge is 2.12. The molecule has 2 heterocycles. The monoisotopic (exact) mass is 269 g/mol. The molecule has 0 spiro atoms. The van der Waals surface area contributed by atoms with Crippen molar-refractivity contribution in [2.75, 3.05) is 0 Å². The quantitative estimate of drug-likeness (QED) is 0.729. The van der Waals surface area contributed by atoms with Crippen LogP contribution < -0.4 is 0 Å². The molecule has 0 fully saturated rings. The van der Waals surface area contributed by atoms with Gasteiger partial charge in [0, 0.05) is 5.56 Å². The fourth-order valence-electron chi connectivity index (χ4n) is 2.09. The fourth-order valence-corrected chi connectivity index (χ4v) is 2.09. The predicted octanol–water partition coefficient (Wildman–Crippen LogP) is 2.30. The molecular formula is C14H15N5O. The lowest BCUT2D eigenvalue weighted by molar-refractivity contribution is 0.418. The van der Waals surface area contributed by atoms with Crippen molar-refractivity contribution < 1.29 is 4.52 Å². The first-order chi connectivity index (χ1) is 9.63. The molecule has 0 unspecified atom stereocenters. The molecule has 0 bridgehead atoms. The van der Waals surface area contributed by atoms with Crippen molar-refractivity contribution in [3.05, 3.63) is 47.3 Å². The molecule has 6 nitrogen and oxygen atoms in total. The third-order valence-electron chi connectivity index (χ3n) is 3.10. The molecule has 0 saturated heterocycles. The van der Waals surface area contributed by atoms with Gasteiger partial charge in [0.15, 0.2) is 5.82 Å². The summed E-state index contributed by atoms with van der Waals surface area (Å²) in [6, 6.07) is 7.93. The molecule has 2 aromatic heterocycles. The summed E-state index contributed by atoms with van der Waals surface area (Å²) < 4.78 is 7.09. The van der Waals surface area contributed by atoms with Gasteiger partial charge in [0.1, 0.15) is 18.2 Å². The van der Waals surface area contributed by atoms with E-state index in [1.54, 1.807) is 4.68 Å². The topological polar surface area (TPSA) is 69.6 Å². The fraction of sp³-hybridized carbons (Fsp3) is 0.286. The number of benzene rings is 1. The van der Waals surface area contributed by atoms with Gasteiger partial charge in [-0.05, 0) is 32.4 Å². The summed E-state index contributed by atoms with van der Waals surface area (Å²) in [7, 11) is 0. The van der Waals surface area contributed by atoms with Gasteiger partial charge in [-0.15, -0.1) is 0 Å². The van der Waals surface area contributed by atoms with Crippen molar-refractivity contribution in [3.63, 3.8) is 0 Å². The Balaban J connectivity index is 1.88. The van der Waals surface area contributed by atoms with Gasteiger partial charge < -0.3 is 4.52 Å². The number of nitrogens with zero attached hydrogens (tertiary/aromatic N) is 5. The van der Waals surface area contributed by atoms with Crippen LogP contribution in [0.2, 0.25) is 0 Å². The van der Waals surface area contributed by atoms with Gasteiger partial charge in [-0.1, -0.05) is 23.4 Å². The standard InChI is InChI=1S/C14H15N5O/c1-9-6-4-5-7-12(9)14-16-13(18-20-14)8-19-11(3)15-10(2)17-19/h4-7H,8H2,1-3H3.